The van der Waals surface area contributed by atoms with Crippen molar-refractivity contribution in [2.24, 2.45) is 0 Å². The van der Waals surface area contributed by atoms with E-state index in [9.17, 15) is 9.59 Å². The van der Waals surface area contributed by atoms with Crippen LogP contribution in [0.3, 0.4) is 0 Å². The fourth-order valence-corrected chi connectivity index (χ4v) is 1.29. The number of ether oxygens (including phenoxy) is 1. The van der Waals surface area contributed by atoms with Crippen LogP contribution in [0.15, 0.2) is 24.3 Å². The van der Waals surface area contributed by atoms with Crippen molar-refractivity contribution in [2.75, 3.05) is 11.4 Å². The zero-order valence-electron chi connectivity index (χ0n) is 10.2. The highest BCUT2D eigenvalue weighted by atomic mass is 16.6. The van der Waals surface area contributed by atoms with Crippen molar-refractivity contribution >= 4 is 17.7 Å². The number of carboxylic acids is 1. The van der Waals surface area contributed by atoms with E-state index in [1.54, 1.807) is 13.8 Å². The molecule has 0 bridgehead atoms. The lowest BCUT2D eigenvalue weighted by molar-refractivity contribution is -0.135. The van der Waals surface area contributed by atoms with Crippen LogP contribution in [0.25, 0.3) is 0 Å². The summed E-state index contributed by atoms with van der Waals surface area (Å²) in [6.45, 7) is 2.84. The smallest absolute Gasteiger partial charge is 0.415 e. The summed E-state index contributed by atoms with van der Waals surface area (Å²) in [7, 11) is 0. The van der Waals surface area contributed by atoms with Gasteiger partial charge in [0.05, 0.1) is 6.10 Å². The number of rotatable bonds is 4. The summed E-state index contributed by atoms with van der Waals surface area (Å²) in [5, 5.41) is 17.9. The van der Waals surface area contributed by atoms with Crippen molar-refractivity contribution in [1.29, 1.82) is 0 Å². The second-order valence-corrected chi connectivity index (χ2v) is 3.93. The summed E-state index contributed by atoms with van der Waals surface area (Å²) in [5.41, 5.74) is 0.348. The summed E-state index contributed by atoms with van der Waals surface area (Å²) < 4.78 is 4.96. The first-order valence-corrected chi connectivity index (χ1v) is 5.39. The first-order chi connectivity index (χ1) is 8.40. The molecule has 0 radical (unpaired) electrons. The van der Waals surface area contributed by atoms with Gasteiger partial charge in [0.2, 0.25) is 0 Å². The van der Waals surface area contributed by atoms with E-state index in [1.165, 1.54) is 24.3 Å². The maximum absolute atomic E-state index is 11.8. The molecule has 0 saturated carbocycles. The van der Waals surface area contributed by atoms with Crippen molar-refractivity contribution in [3.8, 4) is 5.75 Å². The number of nitrogens with zero attached hydrogens (tertiary/aromatic N) is 1. The largest absolute Gasteiger partial charge is 0.508 e. The van der Waals surface area contributed by atoms with Gasteiger partial charge in [0.25, 0.3) is 0 Å². The molecule has 0 aliphatic heterocycles. The molecule has 0 unspecified atom stereocenters. The molecule has 0 saturated heterocycles. The third-order valence-electron chi connectivity index (χ3n) is 2.01. The molecule has 1 aromatic carbocycles. The molecule has 6 nitrogen and oxygen atoms in total. The fourth-order valence-electron chi connectivity index (χ4n) is 1.29. The highest BCUT2D eigenvalue weighted by Crippen LogP contribution is 2.19. The monoisotopic (exact) mass is 253 g/mol. The van der Waals surface area contributed by atoms with Crippen molar-refractivity contribution < 1.29 is 24.5 Å². The summed E-state index contributed by atoms with van der Waals surface area (Å²) >= 11 is 0. The average Bonchev–Trinajstić information content (AvgIpc) is 2.26. The van der Waals surface area contributed by atoms with Crippen LogP contribution in [0.4, 0.5) is 10.5 Å². The molecule has 98 valence electrons. The van der Waals surface area contributed by atoms with Gasteiger partial charge in [0, 0.05) is 5.69 Å². The zero-order chi connectivity index (χ0) is 13.7. The predicted octanol–water partition coefficient (Wildman–Crippen LogP) is 1.83. The molecular formula is C12H15NO5. The molecule has 1 rings (SSSR count). The van der Waals surface area contributed by atoms with Crippen molar-refractivity contribution in [3.63, 3.8) is 0 Å². The van der Waals surface area contributed by atoms with E-state index in [2.05, 4.69) is 0 Å². The highest BCUT2D eigenvalue weighted by Gasteiger charge is 2.21. The molecule has 0 heterocycles. The quantitative estimate of drug-likeness (QED) is 0.854. The fraction of sp³-hybridized carbons (Fsp3) is 0.333. The van der Waals surface area contributed by atoms with Crippen LogP contribution in [0, 0.1) is 0 Å². The second kappa shape index (κ2) is 5.90. The maximum atomic E-state index is 11.8. The van der Waals surface area contributed by atoms with E-state index in [4.69, 9.17) is 14.9 Å². The summed E-state index contributed by atoms with van der Waals surface area (Å²) in [6.07, 6.45) is -1.08. The molecule has 6 heteroatoms. The highest BCUT2D eigenvalue weighted by molar-refractivity contribution is 5.93. The standard InChI is InChI=1S/C12H15NO5/c1-8(2)18-12(17)13(7-11(15)16)9-3-5-10(14)6-4-9/h3-6,8,14H,7H2,1-2H3,(H,15,16). The summed E-state index contributed by atoms with van der Waals surface area (Å²) in [5.74, 6) is -1.12. The Kier molecular flexibility index (Phi) is 4.53. The summed E-state index contributed by atoms with van der Waals surface area (Å²) in [6, 6.07) is 5.62. The average molecular weight is 253 g/mol. The van der Waals surface area contributed by atoms with Gasteiger partial charge < -0.3 is 14.9 Å². The topological polar surface area (TPSA) is 87.1 Å². The number of benzene rings is 1. The number of phenolic OH excluding ortho intramolecular Hbond substituents is 1. The predicted molar refractivity (Wildman–Crippen MR) is 64.7 cm³/mol. The third-order valence-corrected chi connectivity index (χ3v) is 2.01. The van der Waals surface area contributed by atoms with Crippen LogP contribution < -0.4 is 4.90 Å². The Hall–Kier alpha value is -2.24. The normalized spacial score (nSPS) is 10.2. The first kappa shape index (κ1) is 13.8. The maximum Gasteiger partial charge on any atom is 0.415 e. The van der Waals surface area contributed by atoms with Gasteiger partial charge in [-0.05, 0) is 38.1 Å². The molecular weight excluding hydrogens is 238 g/mol. The number of carboxylic acid groups (broad SMARTS) is 1. The Bertz CT molecular complexity index is 427. The Morgan fingerprint density at radius 2 is 1.83 bits per heavy atom. The number of carbonyl (C=O) groups excluding carboxylic acids is 1. The Balaban J connectivity index is 2.93. The van der Waals surface area contributed by atoms with Gasteiger partial charge in [0.1, 0.15) is 12.3 Å². The van der Waals surface area contributed by atoms with Crippen molar-refractivity contribution in [3.05, 3.63) is 24.3 Å². The number of carbonyl (C=O) groups is 2. The second-order valence-electron chi connectivity index (χ2n) is 3.93. The molecule has 1 amide bonds. The SMILES string of the molecule is CC(C)OC(=O)N(CC(=O)O)c1ccc(O)cc1. The van der Waals surface area contributed by atoms with E-state index >= 15 is 0 Å². The van der Waals surface area contributed by atoms with Crippen LogP contribution in [-0.2, 0) is 9.53 Å². The lowest BCUT2D eigenvalue weighted by atomic mass is 10.3. The van der Waals surface area contributed by atoms with E-state index in [0.29, 0.717) is 5.69 Å². The molecule has 0 aliphatic rings. The number of aromatic hydroxyl groups is 1. The molecule has 18 heavy (non-hydrogen) atoms. The molecule has 0 atom stereocenters. The molecule has 0 aromatic heterocycles. The Morgan fingerprint density at radius 1 is 1.28 bits per heavy atom. The number of hydrogen-bond acceptors (Lipinski definition) is 4. The molecule has 0 spiro atoms. The van der Waals surface area contributed by atoms with Gasteiger partial charge >= 0.3 is 12.1 Å². The van der Waals surface area contributed by atoms with E-state index < -0.39 is 18.6 Å². The number of hydrogen-bond donors (Lipinski definition) is 2. The van der Waals surface area contributed by atoms with Gasteiger partial charge in [-0.2, -0.15) is 0 Å². The third kappa shape index (κ3) is 3.97. The van der Waals surface area contributed by atoms with Gasteiger partial charge in [0.15, 0.2) is 0 Å². The minimum Gasteiger partial charge on any atom is -0.508 e. The van der Waals surface area contributed by atoms with Crippen LogP contribution >= 0.6 is 0 Å². The van der Waals surface area contributed by atoms with Crippen molar-refractivity contribution in [2.45, 2.75) is 20.0 Å². The van der Waals surface area contributed by atoms with Gasteiger partial charge in [-0.3, -0.25) is 9.69 Å². The van der Waals surface area contributed by atoms with E-state index in [0.717, 1.165) is 4.90 Å². The minimum atomic E-state index is -1.15. The number of phenols is 1. The number of aliphatic carboxylic acids is 1. The first-order valence-electron chi connectivity index (χ1n) is 5.39. The van der Waals surface area contributed by atoms with Crippen molar-refractivity contribution in [1.82, 2.24) is 0 Å². The lowest BCUT2D eigenvalue weighted by Crippen LogP contribution is -2.37. The molecule has 0 fully saturated rings. The number of anilines is 1. The van der Waals surface area contributed by atoms with E-state index in [-0.39, 0.29) is 11.9 Å². The lowest BCUT2D eigenvalue weighted by Gasteiger charge is -2.21. The number of amides is 1. The minimum absolute atomic E-state index is 0.0336. The van der Waals surface area contributed by atoms with Gasteiger partial charge in [-0.1, -0.05) is 0 Å². The molecule has 0 aliphatic carbocycles. The molecule has 1 aromatic rings. The van der Waals surface area contributed by atoms with Gasteiger partial charge in [-0.25, -0.2) is 4.79 Å². The zero-order valence-corrected chi connectivity index (χ0v) is 10.2. The van der Waals surface area contributed by atoms with Crippen LogP contribution in [-0.4, -0.2) is 34.9 Å². The van der Waals surface area contributed by atoms with E-state index in [1.807, 2.05) is 0 Å². The van der Waals surface area contributed by atoms with Crippen LogP contribution in [0.2, 0.25) is 0 Å². The molecule has 2 N–H and O–H groups in total. The summed E-state index contributed by atoms with van der Waals surface area (Å²) in [4.78, 5) is 23.5. The Labute approximate surface area is 104 Å². The van der Waals surface area contributed by atoms with Crippen LogP contribution in [0.5, 0.6) is 5.75 Å². The van der Waals surface area contributed by atoms with Gasteiger partial charge in [-0.15, -0.1) is 0 Å². The van der Waals surface area contributed by atoms with Crippen LogP contribution in [0.1, 0.15) is 13.8 Å². The Morgan fingerprint density at radius 3 is 2.28 bits per heavy atom.